The van der Waals surface area contributed by atoms with E-state index in [1.54, 1.807) is 26.0 Å². The van der Waals surface area contributed by atoms with Crippen LogP contribution in [-0.4, -0.2) is 33.2 Å². The van der Waals surface area contributed by atoms with E-state index in [-0.39, 0.29) is 25.2 Å². The monoisotopic (exact) mass is 376 g/mol. The van der Waals surface area contributed by atoms with Crippen molar-refractivity contribution in [2.75, 3.05) is 0 Å². The molecule has 1 rings (SSSR count). The lowest BCUT2D eigenvalue weighted by Crippen LogP contribution is -2.52. The van der Waals surface area contributed by atoms with Crippen molar-refractivity contribution in [1.82, 2.24) is 0 Å². The van der Waals surface area contributed by atoms with Crippen molar-refractivity contribution in [3.05, 3.63) is 34.6 Å². The van der Waals surface area contributed by atoms with Gasteiger partial charge in [0.25, 0.3) is 0 Å². The van der Waals surface area contributed by atoms with Gasteiger partial charge in [-0.25, -0.2) is 0 Å². The lowest BCUT2D eigenvalue weighted by molar-refractivity contribution is -0.147. The zero-order valence-corrected chi connectivity index (χ0v) is 17.3. The Balaban J connectivity index is 3.44. The Labute approximate surface area is 161 Å². The van der Waals surface area contributed by atoms with Gasteiger partial charge in [-0.15, -0.1) is 0 Å². The van der Waals surface area contributed by atoms with Crippen LogP contribution in [0.25, 0.3) is 0 Å². The van der Waals surface area contributed by atoms with E-state index in [1.807, 2.05) is 27.7 Å². The maximum absolute atomic E-state index is 12.9. The van der Waals surface area contributed by atoms with Crippen molar-refractivity contribution in [1.29, 1.82) is 0 Å². The van der Waals surface area contributed by atoms with Gasteiger partial charge in [-0.05, 0) is 46.5 Å². The Morgan fingerprint density at radius 2 is 1.67 bits per heavy atom. The summed E-state index contributed by atoms with van der Waals surface area (Å²) >= 11 is 0. The van der Waals surface area contributed by atoms with Crippen LogP contribution >= 0.6 is 0 Å². The van der Waals surface area contributed by atoms with Crippen LogP contribution in [0.2, 0.25) is 0 Å². The minimum Gasteiger partial charge on any atom is -0.508 e. The quantitative estimate of drug-likeness (QED) is 0.379. The number of ketones is 3. The molecule has 0 aliphatic heterocycles. The minimum atomic E-state index is -2.24. The van der Waals surface area contributed by atoms with Crippen molar-refractivity contribution in [3.8, 4) is 0 Å². The van der Waals surface area contributed by atoms with E-state index in [9.17, 15) is 24.6 Å². The van der Waals surface area contributed by atoms with Crippen LogP contribution < -0.4 is 0 Å². The van der Waals surface area contributed by atoms with Crippen LogP contribution in [0.3, 0.4) is 0 Å². The van der Waals surface area contributed by atoms with Gasteiger partial charge in [-0.1, -0.05) is 37.1 Å². The number of hydrogen-bond acceptors (Lipinski definition) is 5. The van der Waals surface area contributed by atoms with E-state index < -0.39 is 40.2 Å². The van der Waals surface area contributed by atoms with Gasteiger partial charge in [0.2, 0.25) is 0 Å². The summed E-state index contributed by atoms with van der Waals surface area (Å²) in [7, 11) is 0. The Hall–Kier alpha value is -2.01. The number of carbonyl (C=O) groups excluding carboxylic acids is 3. The van der Waals surface area contributed by atoms with Gasteiger partial charge in [0.15, 0.2) is 23.0 Å². The highest BCUT2D eigenvalue weighted by molar-refractivity contribution is 6.29. The lowest BCUT2D eigenvalue weighted by atomic mass is 9.71. The van der Waals surface area contributed by atoms with E-state index in [4.69, 9.17) is 0 Å². The number of Topliss-reactive ketones (excluding diaryl/α,β-unsaturated/α-hetero) is 3. The molecule has 0 radical (unpaired) electrons. The number of aliphatic hydroxyl groups is 2. The first-order valence-corrected chi connectivity index (χ1v) is 9.46. The normalized spacial score (nSPS) is 22.9. The molecule has 150 valence electrons. The topological polar surface area (TPSA) is 91.7 Å². The molecule has 2 atom stereocenters. The number of carbonyl (C=O) groups is 3. The molecule has 0 aromatic rings. The number of rotatable bonds is 8. The van der Waals surface area contributed by atoms with E-state index in [0.29, 0.717) is 6.42 Å². The lowest BCUT2D eigenvalue weighted by Gasteiger charge is -2.34. The molecule has 0 aromatic heterocycles. The molecule has 5 heteroatoms. The molecule has 0 saturated heterocycles. The second kappa shape index (κ2) is 9.27. The first-order chi connectivity index (χ1) is 12.4. The van der Waals surface area contributed by atoms with Crippen molar-refractivity contribution in [2.45, 2.75) is 72.8 Å². The first-order valence-electron chi connectivity index (χ1n) is 9.46. The molecule has 0 bridgehead atoms. The fraction of sp³-hybridized carbons (Fsp3) is 0.591. The summed E-state index contributed by atoms with van der Waals surface area (Å²) in [4.78, 5) is 38.4. The van der Waals surface area contributed by atoms with Crippen LogP contribution in [0.15, 0.2) is 34.6 Å². The van der Waals surface area contributed by atoms with Crippen LogP contribution in [0.4, 0.5) is 0 Å². The second-order valence-electron chi connectivity index (χ2n) is 8.22. The number of hydrogen-bond donors (Lipinski definition) is 2. The Morgan fingerprint density at radius 1 is 1.11 bits per heavy atom. The van der Waals surface area contributed by atoms with E-state index in [1.165, 1.54) is 0 Å². The zero-order chi connectivity index (χ0) is 20.9. The van der Waals surface area contributed by atoms with Gasteiger partial charge in [0.1, 0.15) is 11.3 Å². The van der Waals surface area contributed by atoms with Gasteiger partial charge in [0, 0.05) is 12.8 Å². The second-order valence-corrected chi connectivity index (χ2v) is 8.22. The van der Waals surface area contributed by atoms with Gasteiger partial charge in [0.05, 0.1) is 5.92 Å². The Morgan fingerprint density at radius 3 is 2.15 bits per heavy atom. The third-order valence-corrected chi connectivity index (χ3v) is 4.71. The molecule has 1 aliphatic carbocycles. The van der Waals surface area contributed by atoms with E-state index in [0.717, 1.165) is 11.1 Å². The Bertz CT molecular complexity index is 700. The van der Waals surface area contributed by atoms with Crippen LogP contribution in [0.5, 0.6) is 0 Å². The summed E-state index contributed by atoms with van der Waals surface area (Å²) in [5.74, 6) is -3.66. The highest BCUT2D eigenvalue weighted by Crippen LogP contribution is 2.36. The number of aliphatic hydroxyl groups excluding tert-OH is 1. The van der Waals surface area contributed by atoms with Crippen molar-refractivity contribution >= 4 is 17.3 Å². The molecule has 5 nitrogen and oxygen atoms in total. The third-order valence-electron chi connectivity index (χ3n) is 4.71. The summed E-state index contributed by atoms with van der Waals surface area (Å²) in [5, 5.41) is 21.6. The van der Waals surface area contributed by atoms with Crippen molar-refractivity contribution in [3.63, 3.8) is 0 Å². The summed E-state index contributed by atoms with van der Waals surface area (Å²) in [5.41, 5.74) is -0.870. The molecular formula is C22H32O5. The Kier molecular flexibility index (Phi) is 7.90. The third kappa shape index (κ3) is 5.48. The summed E-state index contributed by atoms with van der Waals surface area (Å²) in [6.07, 6.45) is 3.94. The molecular weight excluding hydrogens is 344 g/mol. The fourth-order valence-corrected chi connectivity index (χ4v) is 2.95. The smallest absolute Gasteiger partial charge is 0.184 e. The highest BCUT2D eigenvalue weighted by atomic mass is 16.3. The van der Waals surface area contributed by atoms with E-state index in [2.05, 4.69) is 0 Å². The molecule has 0 heterocycles. The van der Waals surface area contributed by atoms with Gasteiger partial charge >= 0.3 is 0 Å². The highest BCUT2D eigenvalue weighted by Gasteiger charge is 2.53. The first kappa shape index (κ1) is 23.0. The van der Waals surface area contributed by atoms with Crippen LogP contribution in [0, 0.1) is 11.8 Å². The predicted molar refractivity (Wildman–Crippen MR) is 105 cm³/mol. The average Bonchev–Trinajstić information content (AvgIpc) is 2.56. The molecule has 0 unspecified atom stereocenters. The van der Waals surface area contributed by atoms with Gasteiger partial charge in [-0.2, -0.15) is 0 Å². The maximum atomic E-state index is 12.9. The molecule has 0 spiro atoms. The zero-order valence-electron chi connectivity index (χ0n) is 17.3. The summed E-state index contributed by atoms with van der Waals surface area (Å²) in [6, 6.07) is 0. The SMILES string of the molecule is CC(C)=CC[C@H]1C(=O)C(C(=O)CCC(C)C)=C(O)[C@@](O)(CC=C(C)C)C1=O. The summed E-state index contributed by atoms with van der Waals surface area (Å²) < 4.78 is 0. The molecule has 27 heavy (non-hydrogen) atoms. The molecule has 0 aromatic carbocycles. The van der Waals surface area contributed by atoms with Crippen molar-refractivity contribution in [2.24, 2.45) is 11.8 Å². The predicted octanol–water partition coefficient (Wildman–Crippen LogP) is 4.02. The standard InChI is InChI=1S/C22H32O5/c1-13(2)7-9-16-19(24)18(17(23)10-8-14(3)4)21(26)22(27,20(16)25)12-11-15(5)6/h7,11,14,16,26-27H,8-10,12H2,1-6H3/t16-,22+/m0/s1. The molecule has 1 aliphatic rings. The number of allylic oxidation sites excluding steroid dienone is 4. The summed E-state index contributed by atoms with van der Waals surface area (Å²) in [6.45, 7) is 11.2. The van der Waals surface area contributed by atoms with Crippen LogP contribution in [-0.2, 0) is 14.4 Å². The largest absolute Gasteiger partial charge is 0.508 e. The van der Waals surface area contributed by atoms with E-state index >= 15 is 0 Å². The van der Waals surface area contributed by atoms with Gasteiger partial charge in [-0.3, -0.25) is 14.4 Å². The molecule has 0 saturated carbocycles. The average molecular weight is 376 g/mol. The molecule has 0 amide bonds. The minimum absolute atomic E-state index is 0.0884. The molecule has 0 fully saturated rings. The van der Waals surface area contributed by atoms with Gasteiger partial charge < -0.3 is 10.2 Å². The maximum Gasteiger partial charge on any atom is 0.184 e. The van der Waals surface area contributed by atoms with Crippen LogP contribution in [0.1, 0.15) is 67.2 Å². The fourth-order valence-electron chi connectivity index (χ4n) is 2.95. The van der Waals surface area contributed by atoms with Crippen molar-refractivity contribution < 1.29 is 24.6 Å². The molecule has 2 N–H and O–H groups in total.